The number of nitrogens with one attached hydrogen (secondary N) is 1. The molecule has 1 amide bonds. The summed E-state index contributed by atoms with van der Waals surface area (Å²) in [5.74, 6) is 0.674. The van der Waals surface area contributed by atoms with Crippen molar-refractivity contribution in [3.05, 3.63) is 70.3 Å². The molecule has 0 saturated carbocycles. The number of carbonyl (C=O) groups is 1. The summed E-state index contributed by atoms with van der Waals surface area (Å²) in [7, 11) is 0. The summed E-state index contributed by atoms with van der Waals surface area (Å²) in [4.78, 5) is 15.5. The van der Waals surface area contributed by atoms with Crippen LogP contribution in [0.15, 0.2) is 59.2 Å². The Kier molecular flexibility index (Phi) is 5.73. The third kappa shape index (κ3) is 4.32. The number of fused-ring (bicyclic) bond motifs is 1. The van der Waals surface area contributed by atoms with E-state index in [4.69, 9.17) is 9.84 Å². The minimum Gasteiger partial charge on any atom is -0.490 e. The first-order valence-corrected chi connectivity index (χ1v) is 9.04. The highest BCUT2D eigenvalue weighted by atomic mass is 79.9. The maximum Gasteiger partial charge on any atom is 0.405 e. The molecule has 0 aliphatic heterocycles. The Morgan fingerprint density at radius 1 is 1.27 bits per heavy atom. The SMILES string of the molecule is Cc1cc(OC[C@@H](Cc2ccccc2)NC(=O)O)c(Br)c2cccnc12. The first-order chi connectivity index (χ1) is 12.5. The minimum absolute atomic E-state index is 0.227. The van der Waals surface area contributed by atoms with Crippen LogP contribution >= 0.6 is 15.9 Å². The number of nitrogens with zero attached hydrogens (tertiary/aromatic N) is 1. The van der Waals surface area contributed by atoms with Crippen LogP contribution in [-0.2, 0) is 6.42 Å². The van der Waals surface area contributed by atoms with E-state index in [-0.39, 0.29) is 12.6 Å². The maximum absolute atomic E-state index is 11.1. The zero-order chi connectivity index (χ0) is 18.5. The second kappa shape index (κ2) is 8.19. The summed E-state index contributed by atoms with van der Waals surface area (Å²) in [5.41, 5.74) is 2.97. The molecule has 1 aromatic heterocycles. The summed E-state index contributed by atoms with van der Waals surface area (Å²) >= 11 is 3.58. The third-order valence-electron chi connectivity index (χ3n) is 4.07. The van der Waals surface area contributed by atoms with Gasteiger partial charge in [-0.15, -0.1) is 0 Å². The summed E-state index contributed by atoms with van der Waals surface area (Å²) in [5, 5.41) is 12.6. The molecule has 1 atom stereocenters. The predicted molar refractivity (Wildman–Crippen MR) is 105 cm³/mol. The fourth-order valence-corrected chi connectivity index (χ4v) is 3.43. The lowest BCUT2D eigenvalue weighted by Crippen LogP contribution is -2.39. The van der Waals surface area contributed by atoms with Crippen LogP contribution in [0.1, 0.15) is 11.1 Å². The minimum atomic E-state index is -1.06. The lowest BCUT2D eigenvalue weighted by Gasteiger charge is -2.19. The van der Waals surface area contributed by atoms with Crippen molar-refractivity contribution in [2.45, 2.75) is 19.4 Å². The van der Waals surface area contributed by atoms with Gasteiger partial charge in [-0.1, -0.05) is 30.3 Å². The average molecular weight is 415 g/mol. The van der Waals surface area contributed by atoms with Crippen LogP contribution in [0.5, 0.6) is 5.75 Å². The van der Waals surface area contributed by atoms with Crippen LogP contribution < -0.4 is 10.1 Å². The standard InChI is InChI=1S/C20H19BrN2O3/c1-13-10-17(18(21)16-8-5-9-22-19(13)16)26-12-15(23-20(24)25)11-14-6-3-2-4-7-14/h2-10,15,23H,11-12H2,1H3,(H,24,25)/t15-/m1/s1. The van der Waals surface area contributed by atoms with Crippen molar-refractivity contribution in [3.8, 4) is 5.75 Å². The Hall–Kier alpha value is -2.60. The molecular weight excluding hydrogens is 396 g/mol. The number of rotatable bonds is 6. The molecule has 0 saturated heterocycles. The summed E-state index contributed by atoms with van der Waals surface area (Å²) < 4.78 is 6.78. The summed E-state index contributed by atoms with van der Waals surface area (Å²) in [6.45, 7) is 2.20. The van der Waals surface area contributed by atoms with E-state index in [0.29, 0.717) is 12.2 Å². The zero-order valence-corrected chi connectivity index (χ0v) is 15.9. The quantitative estimate of drug-likeness (QED) is 0.619. The Balaban J connectivity index is 1.79. The van der Waals surface area contributed by atoms with E-state index in [0.717, 1.165) is 26.5 Å². The molecule has 0 spiro atoms. The van der Waals surface area contributed by atoms with Gasteiger partial charge in [0.15, 0.2) is 0 Å². The van der Waals surface area contributed by atoms with Crippen LogP contribution in [0.25, 0.3) is 10.9 Å². The third-order valence-corrected chi connectivity index (χ3v) is 4.89. The van der Waals surface area contributed by atoms with Gasteiger partial charge in [-0.2, -0.15) is 0 Å². The average Bonchev–Trinajstić information content (AvgIpc) is 2.64. The first kappa shape index (κ1) is 18.2. The molecule has 2 aromatic carbocycles. The van der Waals surface area contributed by atoms with Gasteiger partial charge < -0.3 is 15.2 Å². The molecule has 5 nitrogen and oxygen atoms in total. The lowest BCUT2D eigenvalue weighted by atomic mass is 10.1. The van der Waals surface area contributed by atoms with Crippen molar-refractivity contribution >= 4 is 32.9 Å². The number of benzene rings is 2. The number of carboxylic acid groups (broad SMARTS) is 1. The van der Waals surface area contributed by atoms with Gasteiger partial charge in [0.2, 0.25) is 0 Å². The van der Waals surface area contributed by atoms with E-state index >= 15 is 0 Å². The second-order valence-electron chi connectivity index (χ2n) is 6.05. The predicted octanol–water partition coefficient (Wildman–Crippen LogP) is 4.56. The van der Waals surface area contributed by atoms with E-state index < -0.39 is 6.09 Å². The van der Waals surface area contributed by atoms with Gasteiger partial charge >= 0.3 is 6.09 Å². The number of halogens is 1. The molecule has 3 aromatic rings. The van der Waals surface area contributed by atoms with Gasteiger partial charge in [0, 0.05) is 11.6 Å². The van der Waals surface area contributed by atoms with Crippen LogP contribution in [0.2, 0.25) is 0 Å². The number of amides is 1. The molecule has 1 heterocycles. The fraction of sp³-hybridized carbons (Fsp3) is 0.200. The Labute approximate surface area is 160 Å². The van der Waals surface area contributed by atoms with Crippen LogP contribution in [0.3, 0.4) is 0 Å². The van der Waals surface area contributed by atoms with E-state index in [1.54, 1.807) is 6.20 Å². The van der Waals surface area contributed by atoms with E-state index in [1.165, 1.54) is 0 Å². The molecule has 0 unspecified atom stereocenters. The highest BCUT2D eigenvalue weighted by molar-refractivity contribution is 9.10. The molecule has 0 aliphatic rings. The number of aromatic nitrogens is 1. The molecule has 134 valence electrons. The highest BCUT2D eigenvalue weighted by Crippen LogP contribution is 2.34. The van der Waals surface area contributed by atoms with Crippen LogP contribution in [0, 0.1) is 6.92 Å². The van der Waals surface area contributed by atoms with Gasteiger partial charge in [-0.3, -0.25) is 4.98 Å². The highest BCUT2D eigenvalue weighted by Gasteiger charge is 2.16. The number of aryl methyl sites for hydroxylation is 1. The fourth-order valence-electron chi connectivity index (χ4n) is 2.88. The molecular formula is C20H19BrN2O3. The molecule has 0 bridgehead atoms. The molecule has 0 aliphatic carbocycles. The second-order valence-corrected chi connectivity index (χ2v) is 6.85. The van der Waals surface area contributed by atoms with Crippen molar-refractivity contribution < 1.29 is 14.6 Å². The molecule has 0 radical (unpaired) electrons. The van der Waals surface area contributed by atoms with Crippen molar-refractivity contribution in [2.24, 2.45) is 0 Å². The summed E-state index contributed by atoms with van der Waals surface area (Å²) in [6, 6.07) is 15.2. The summed E-state index contributed by atoms with van der Waals surface area (Å²) in [6.07, 6.45) is 1.25. The normalized spacial score (nSPS) is 11.9. The zero-order valence-electron chi connectivity index (χ0n) is 14.3. The van der Waals surface area contributed by atoms with Crippen molar-refractivity contribution in [2.75, 3.05) is 6.61 Å². The van der Waals surface area contributed by atoms with Gasteiger partial charge in [0.25, 0.3) is 0 Å². The smallest absolute Gasteiger partial charge is 0.405 e. The van der Waals surface area contributed by atoms with E-state index in [2.05, 4.69) is 26.2 Å². The Bertz CT molecular complexity index is 916. The number of ether oxygens (including phenoxy) is 1. The molecule has 6 heteroatoms. The Morgan fingerprint density at radius 3 is 2.77 bits per heavy atom. The topological polar surface area (TPSA) is 71.5 Å². The number of hydrogen-bond acceptors (Lipinski definition) is 3. The van der Waals surface area contributed by atoms with Crippen LogP contribution in [0.4, 0.5) is 4.79 Å². The maximum atomic E-state index is 11.1. The first-order valence-electron chi connectivity index (χ1n) is 8.24. The van der Waals surface area contributed by atoms with Gasteiger partial charge in [0.05, 0.1) is 16.0 Å². The van der Waals surface area contributed by atoms with Crippen LogP contribution in [-0.4, -0.2) is 28.8 Å². The number of pyridine rings is 1. The largest absolute Gasteiger partial charge is 0.490 e. The molecule has 3 rings (SSSR count). The van der Waals surface area contributed by atoms with Gasteiger partial charge in [-0.05, 0) is 58.6 Å². The van der Waals surface area contributed by atoms with Crippen molar-refractivity contribution in [1.82, 2.24) is 10.3 Å². The van der Waals surface area contributed by atoms with Crippen molar-refractivity contribution in [1.29, 1.82) is 0 Å². The number of hydrogen-bond donors (Lipinski definition) is 2. The lowest BCUT2D eigenvalue weighted by molar-refractivity contribution is 0.180. The van der Waals surface area contributed by atoms with E-state index in [9.17, 15) is 4.79 Å². The van der Waals surface area contributed by atoms with Gasteiger partial charge in [-0.25, -0.2) is 4.79 Å². The molecule has 2 N–H and O–H groups in total. The Morgan fingerprint density at radius 2 is 2.04 bits per heavy atom. The van der Waals surface area contributed by atoms with Crippen molar-refractivity contribution in [3.63, 3.8) is 0 Å². The molecule has 0 fully saturated rings. The van der Waals surface area contributed by atoms with Gasteiger partial charge in [0.1, 0.15) is 12.4 Å². The molecule has 26 heavy (non-hydrogen) atoms. The van der Waals surface area contributed by atoms with E-state index in [1.807, 2.05) is 55.5 Å². The monoisotopic (exact) mass is 414 g/mol.